The predicted molar refractivity (Wildman–Crippen MR) is 73.1 cm³/mol. The van der Waals surface area contributed by atoms with Crippen molar-refractivity contribution < 1.29 is 19.1 Å². The summed E-state index contributed by atoms with van der Waals surface area (Å²) in [6, 6.07) is -0.274. The van der Waals surface area contributed by atoms with Crippen molar-refractivity contribution in [2.75, 3.05) is 19.8 Å². The van der Waals surface area contributed by atoms with Crippen molar-refractivity contribution in [1.82, 2.24) is 10.2 Å². The van der Waals surface area contributed by atoms with Gasteiger partial charge in [0, 0.05) is 26.2 Å². The number of carbonyl (C=O) groups excluding carboxylic acids is 2. The molecule has 6 nitrogen and oxygen atoms in total. The molecule has 3 amide bonds. The molecule has 2 fully saturated rings. The summed E-state index contributed by atoms with van der Waals surface area (Å²) >= 11 is 0. The zero-order valence-electron chi connectivity index (χ0n) is 12.3. The second kappa shape index (κ2) is 6.54. The lowest BCUT2D eigenvalue weighted by Gasteiger charge is -2.22. The first-order chi connectivity index (χ1) is 9.63. The largest absolute Gasteiger partial charge is 0.353 e. The van der Waals surface area contributed by atoms with E-state index in [1.54, 1.807) is 0 Å². The fourth-order valence-electron chi connectivity index (χ4n) is 3.02. The molecule has 2 aliphatic rings. The fourth-order valence-corrected chi connectivity index (χ4v) is 3.02. The van der Waals surface area contributed by atoms with Crippen LogP contribution in [-0.4, -0.2) is 48.4 Å². The maximum absolute atomic E-state index is 12.4. The maximum atomic E-state index is 12.4. The summed E-state index contributed by atoms with van der Waals surface area (Å²) in [5.41, 5.74) is -0.621. The lowest BCUT2D eigenvalue weighted by Crippen LogP contribution is -2.44. The number of nitrogens with zero attached hydrogens (tertiary/aromatic N) is 1. The van der Waals surface area contributed by atoms with Gasteiger partial charge in [0.05, 0.1) is 0 Å². The average Bonchev–Trinajstić information content (AvgIpc) is 2.96. The molecule has 0 aromatic rings. The van der Waals surface area contributed by atoms with Crippen LogP contribution in [0, 0.1) is 0 Å². The summed E-state index contributed by atoms with van der Waals surface area (Å²) in [7, 11) is 0. The van der Waals surface area contributed by atoms with E-state index in [9.17, 15) is 9.59 Å². The van der Waals surface area contributed by atoms with Crippen LogP contribution in [0.25, 0.3) is 0 Å². The molecule has 1 spiro atoms. The molecule has 0 aromatic carbocycles. The van der Waals surface area contributed by atoms with Crippen molar-refractivity contribution in [2.24, 2.45) is 0 Å². The summed E-state index contributed by atoms with van der Waals surface area (Å²) in [5, 5.41) is 2.87. The van der Waals surface area contributed by atoms with Gasteiger partial charge in [0.15, 0.2) is 6.29 Å². The summed E-state index contributed by atoms with van der Waals surface area (Å²) in [5.74, 6) is -0.0771. The Morgan fingerprint density at radius 2 is 1.80 bits per heavy atom. The van der Waals surface area contributed by atoms with Crippen molar-refractivity contribution in [2.45, 2.75) is 57.8 Å². The molecular weight excluding hydrogens is 260 g/mol. The lowest BCUT2D eigenvalue weighted by molar-refractivity contribution is -0.144. The average molecular weight is 284 g/mol. The number of nitrogens with one attached hydrogen (secondary N) is 1. The number of urea groups is 1. The quantitative estimate of drug-likeness (QED) is 0.570. The number of hydrogen-bond donors (Lipinski definition) is 1. The first kappa shape index (κ1) is 15.3. The number of rotatable bonds is 7. The van der Waals surface area contributed by atoms with Gasteiger partial charge in [-0.1, -0.05) is 12.8 Å². The van der Waals surface area contributed by atoms with Crippen LogP contribution in [0.15, 0.2) is 0 Å². The number of hydrogen-bond acceptors (Lipinski definition) is 4. The van der Waals surface area contributed by atoms with Crippen molar-refractivity contribution in [1.29, 1.82) is 0 Å². The van der Waals surface area contributed by atoms with Gasteiger partial charge in [0.2, 0.25) is 0 Å². The van der Waals surface area contributed by atoms with Crippen LogP contribution in [-0.2, 0) is 14.3 Å². The summed E-state index contributed by atoms with van der Waals surface area (Å²) in [6.07, 6.45) is 3.67. The number of carbonyl (C=O) groups is 2. The van der Waals surface area contributed by atoms with E-state index >= 15 is 0 Å². The molecule has 0 radical (unpaired) electrons. The normalized spacial score (nSPS) is 21.2. The Balaban J connectivity index is 1.92. The van der Waals surface area contributed by atoms with E-state index < -0.39 is 5.54 Å². The molecule has 114 valence electrons. The highest BCUT2D eigenvalue weighted by atomic mass is 16.7. The van der Waals surface area contributed by atoms with Gasteiger partial charge in [-0.2, -0.15) is 0 Å². The minimum atomic E-state index is -0.621. The van der Waals surface area contributed by atoms with Crippen molar-refractivity contribution in [3.8, 4) is 0 Å². The molecular formula is C14H24N2O4. The van der Waals surface area contributed by atoms with Crippen LogP contribution < -0.4 is 5.32 Å². The molecule has 0 bridgehead atoms. The van der Waals surface area contributed by atoms with E-state index in [0.29, 0.717) is 26.2 Å². The van der Waals surface area contributed by atoms with Crippen LogP contribution in [0.4, 0.5) is 4.79 Å². The SMILES string of the molecule is CCOC(CCN1C(=O)NC2(CCCC2)C1=O)OCC. The fraction of sp³-hybridized carbons (Fsp3) is 0.857. The second-order valence-electron chi connectivity index (χ2n) is 5.31. The lowest BCUT2D eigenvalue weighted by atomic mass is 9.98. The standard InChI is InChI=1S/C14H24N2O4/c1-3-19-11(20-4-2)7-10-16-12(17)14(15-13(16)18)8-5-6-9-14/h11H,3-10H2,1-2H3,(H,15,18). The van der Waals surface area contributed by atoms with Crippen LogP contribution in [0.3, 0.4) is 0 Å². The zero-order chi connectivity index (χ0) is 14.6. The van der Waals surface area contributed by atoms with E-state index in [0.717, 1.165) is 25.7 Å². The maximum Gasteiger partial charge on any atom is 0.325 e. The molecule has 20 heavy (non-hydrogen) atoms. The molecule has 1 saturated heterocycles. The third-order valence-corrected chi connectivity index (χ3v) is 4.00. The molecule has 1 aliphatic carbocycles. The second-order valence-corrected chi connectivity index (χ2v) is 5.31. The summed E-state index contributed by atoms with van der Waals surface area (Å²) < 4.78 is 10.9. The van der Waals surface area contributed by atoms with E-state index in [-0.39, 0.29) is 18.2 Å². The Bertz CT molecular complexity index is 360. The smallest absolute Gasteiger partial charge is 0.325 e. The van der Waals surface area contributed by atoms with Gasteiger partial charge >= 0.3 is 6.03 Å². The summed E-state index contributed by atoms with van der Waals surface area (Å²) in [4.78, 5) is 25.7. The molecule has 1 aliphatic heterocycles. The highest BCUT2D eigenvalue weighted by molar-refractivity contribution is 6.07. The van der Waals surface area contributed by atoms with E-state index in [1.165, 1.54) is 4.90 Å². The molecule has 1 saturated carbocycles. The monoisotopic (exact) mass is 284 g/mol. The van der Waals surface area contributed by atoms with Gasteiger partial charge in [-0.15, -0.1) is 0 Å². The number of imide groups is 1. The minimum absolute atomic E-state index is 0.0771. The Hall–Kier alpha value is -1.14. The van der Waals surface area contributed by atoms with Gasteiger partial charge in [-0.3, -0.25) is 9.69 Å². The van der Waals surface area contributed by atoms with Crippen LogP contribution in [0.2, 0.25) is 0 Å². The number of amides is 3. The highest BCUT2D eigenvalue weighted by Gasteiger charge is 2.52. The van der Waals surface area contributed by atoms with E-state index in [1.807, 2.05) is 13.8 Å². The minimum Gasteiger partial charge on any atom is -0.353 e. The summed E-state index contributed by atoms with van der Waals surface area (Å²) in [6.45, 7) is 5.24. The molecule has 0 unspecified atom stereocenters. The topological polar surface area (TPSA) is 67.9 Å². The Kier molecular flexibility index (Phi) is 4.99. The van der Waals surface area contributed by atoms with E-state index in [4.69, 9.17) is 9.47 Å². The first-order valence-corrected chi connectivity index (χ1v) is 7.50. The zero-order valence-corrected chi connectivity index (χ0v) is 12.3. The van der Waals surface area contributed by atoms with Gasteiger partial charge < -0.3 is 14.8 Å². The van der Waals surface area contributed by atoms with Crippen LogP contribution in [0.5, 0.6) is 0 Å². The van der Waals surface area contributed by atoms with E-state index in [2.05, 4.69) is 5.32 Å². The van der Waals surface area contributed by atoms with Gasteiger partial charge in [0.1, 0.15) is 5.54 Å². The molecule has 6 heteroatoms. The highest BCUT2D eigenvalue weighted by Crippen LogP contribution is 2.35. The molecule has 1 heterocycles. The van der Waals surface area contributed by atoms with Gasteiger partial charge in [-0.25, -0.2) is 4.79 Å². The third kappa shape index (κ3) is 2.96. The Morgan fingerprint density at radius 3 is 2.35 bits per heavy atom. The van der Waals surface area contributed by atoms with Gasteiger partial charge in [0.25, 0.3) is 5.91 Å². The van der Waals surface area contributed by atoms with Crippen molar-refractivity contribution in [3.05, 3.63) is 0 Å². The number of ether oxygens (including phenoxy) is 2. The van der Waals surface area contributed by atoms with Crippen molar-refractivity contribution >= 4 is 11.9 Å². The Labute approximate surface area is 119 Å². The molecule has 2 rings (SSSR count). The predicted octanol–water partition coefficient (Wildman–Crippen LogP) is 1.64. The first-order valence-electron chi connectivity index (χ1n) is 7.50. The van der Waals surface area contributed by atoms with Crippen molar-refractivity contribution in [3.63, 3.8) is 0 Å². The third-order valence-electron chi connectivity index (χ3n) is 4.00. The van der Waals surface area contributed by atoms with Gasteiger partial charge in [-0.05, 0) is 26.7 Å². The molecule has 0 atom stereocenters. The van der Waals surface area contributed by atoms with Crippen LogP contribution in [0.1, 0.15) is 46.0 Å². The van der Waals surface area contributed by atoms with Crippen LogP contribution >= 0.6 is 0 Å². The molecule has 1 N–H and O–H groups in total. The molecule has 0 aromatic heterocycles. The Morgan fingerprint density at radius 1 is 1.20 bits per heavy atom.